The summed E-state index contributed by atoms with van der Waals surface area (Å²) < 4.78 is 6.84. The van der Waals surface area contributed by atoms with Crippen LogP contribution in [-0.4, -0.2) is 27.8 Å². The molecule has 1 unspecified atom stereocenters. The molecule has 1 atom stereocenters. The molecule has 2 rings (SSSR count). The molecule has 0 spiro atoms. The van der Waals surface area contributed by atoms with Crippen molar-refractivity contribution in [3.63, 3.8) is 0 Å². The Hall–Kier alpha value is -2.57. The zero-order valence-electron chi connectivity index (χ0n) is 11.6. The van der Waals surface area contributed by atoms with Gasteiger partial charge in [-0.3, -0.25) is 4.79 Å². The standard InChI is InChI=1S/C13H17N5O2/c1-8(12-17-15-7-18(12)2)16-13(19)10-6-9(20-3)4-5-11(10)14/h4-8H,14H2,1-3H3,(H,16,19). The van der Waals surface area contributed by atoms with Crippen molar-refractivity contribution in [2.24, 2.45) is 7.05 Å². The molecular formula is C13H17N5O2. The van der Waals surface area contributed by atoms with Crippen molar-refractivity contribution in [2.45, 2.75) is 13.0 Å². The van der Waals surface area contributed by atoms with Gasteiger partial charge in [0.25, 0.3) is 5.91 Å². The van der Waals surface area contributed by atoms with Crippen molar-refractivity contribution in [1.82, 2.24) is 20.1 Å². The predicted octanol–water partition coefficient (Wildman–Crippen LogP) is 0.897. The van der Waals surface area contributed by atoms with Crippen LogP contribution in [-0.2, 0) is 7.05 Å². The molecule has 0 bridgehead atoms. The van der Waals surface area contributed by atoms with Crippen molar-refractivity contribution >= 4 is 11.6 Å². The quantitative estimate of drug-likeness (QED) is 0.808. The molecule has 0 aliphatic carbocycles. The topological polar surface area (TPSA) is 95.1 Å². The van der Waals surface area contributed by atoms with E-state index < -0.39 is 0 Å². The molecule has 20 heavy (non-hydrogen) atoms. The minimum absolute atomic E-state index is 0.277. The van der Waals surface area contributed by atoms with Gasteiger partial charge in [-0.25, -0.2) is 0 Å². The molecule has 7 heteroatoms. The second-order valence-electron chi connectivity index (χ2n) is 4.45. The SMILES string of the molecule is COc1ccc(N)c(C(=O)NC(C)c2nncn2C)c1. The predicted molar refractivity (Wildman–Crippen MR) is 74.3 cm³/mol. The van der Waals surface area contributed by atoms with Crippen LogP contribution in [0.4, 0.5) is 5.69 Å². The number of aryl methyl sites for hydroxylation is 1. The number of methoxy groups -OCH3 is 1. The summed E-state index contributed by atoms with van der Waals surface area (Å²) in [5, 5.41) is 10.6. The maximum atomic E-state index is 12.2. The first-order valence-corrected chi connectivity index (χ1v) is 6.11. The second kappa shape index (κ2) is 5.60. The van der Waals surface area contributed by atoms with Crippen LogP contribution in [0.25, 0.3) is 0 Å². The lowest BCUT2D eigenvalue weighted by molar-refractivity contribution is 0.0938. The van der Waals surface area contributed by atoms with Gasteiger partial charge in [-0.2, -0.15) is 0 Å². The first-order valence-electron chi connectivity index (χ1n) is 6.11. The zero-order chi connectivity index (χ0) is 14.7. The fourth-order valence-corrected chi connectivity index (χ4v) is 1.88. The van der Waals surface area contributed by atoms with Crippen LogP contribution in [0.2, 0.25) is 0 Å². The summed E-state index contributed by atoms with van der Waals surface area (Å²) >= 11 is 0. The monoisotopic (exact) mass is 275 g/mol. The number of hydrogen-bond acceptors (Lipinski definition) is 5. The van der Waals surface area contributed by atoms with Crippen molar-refractivity contribution in [3.8, 4) is 5.75 Å². The minimum Gasteiger partial charge on any atom is -0.497 e. The van der Waals surface area contributed by atoms with E-state index in [1.165, 1.54) is 7.11 Å². The van der Waals surface area contributed by atoms with Gasteiger partial charge in [0.1, 0.15) is 12.1 Å². The molecular weight excluding hydrogens is 258 g/mol. The number of carbonyl (C=O) groups excluding carboxylic acids is 1. The van der Waals surface area contributed by atoms with Crippen LogP contribution < -0.4 is 15.8 Å². The first-order chi connectivity index (χ1) is 9.52. The number of anilines is 1. The molecule has 1 aromatic carbocycles. The van der Waals surface area contributed by atoms with Gasteiger partial charge in [-0.05, 0) is 25.1 Å². The number of nitrogens with two attached hydrogens (primary N) is 1. The van der Waals surface area contributed by atoms with E-state index in [9.17, 15) is 4.79 Å². The van der Waals surface area contributed by atoms with Crippen molar-refractivity contribution in [1.29, 1.82) is 0 Å². The molecule has 106 valence electrons. The van der Waals surface area contributed by atoms with Gasteiger partial charge in [0.2, 0.25) is 0 Å². The summed E-state index contributed by atoms with van der Waals surface area (Å²) in [6, 6.07) is 4.67. The molecule has 0 saturated heterocycles. The number of carbonyl (C=O) groups is 1. The fourth-order valence-electron chi connectivity index (χ4n) is 1.88. The summed E-state index contributed by atoms with van der Waals surface area (Å²) in [5.41, 5.74) is 6.59. The van der Waals surface area contributed by atoms with Crippen molar-refractivity contribution < 1.29 is 9.53 Å². The molecule has 0 aliphatic rings. The lowest BCUT2D eigenvalue weighted by Gasteiger charge is -2.14. The molecule has 3 N–H and O–H groups in total. The van der Waals surface area contributed by atoms with Crippen LogP contribution in [0.5, 0.6) is 5.75 Å². The Balaban J connectivity index is 2.18. The molecule has 1 amide bonds. The van der Waals surface area contributed by atoms with E-state index in [1.807, 2.05) is 14.0 Å². The Morgan fingerprint density at radius 2 is 2.25 bits per heavy atom. The number of rotatable bonds is 4. The molecule has 0 saturated carbocycles. The smallest absolute Gasteiger partial charge is 0.254 e. The summed E-state index contributed by atoms with van der Waals surface area (Å²) in [6.07, 6.45) is 1.58. The second-order valence-corrected chi connectivity index (χ2v) is 4.45. The van der Waals surface area contributed by atoms with Crippen LogP contribution in [0.1, 0.15) is 29.1 Å². The Labute approximate surface area is 116 Å². The van der Waals surface area contributed by atoms with Crippen molar-refractivity contribution in [2.75, 3.05) is 12.8 Å². The largest absolute Gasteiger partial charge is 0.497 e. The highest BCUT2D eigenvalue weighted by molar-refractivity contribution is 5.99. The number of hydrogen-bond donors (Lipinski definition) is 2. The van der Waals surface area contributed by atoms with E-state index in [2.05, 4.69) is 15.5 Å². The third-order valence-electron chi connectivity index (χ3n) is 2.99. The van der Waals surface area contributed by atoms with Crippen LogP contribution in [0.15, 0.2) is 24.5 Å². The molecule has 1 heterocycles. The van der Waals surface area contributed by atoms with Gasteiger partial charge in [0, 0.05) is 12.7 Å². The minimum atomic E-state index is -0.281. The van der Waals surface area contributed by atoms with Gasteiger partial charge in [-0.1, -0.05) is 0 Å². The number of nitrogens with one attached hydrogen (secondary N) is 1. The van der Waals surface area contributed by atoms with Crippen LogP contribution in [0.3, 0.4) is 0 Å². The molecule has 0 aliphatic heterocycles. The fraction of sp³-hybridized carbons (Fsp3) is 0.308. The molecule has 7 nitrogen and oxygen atoms in total. The van der Waals surface area contributed by atoms with Gasteiger partial charge in [-0.15, -0.1) is 10.2 Å². The number of nitrogens with zero attached hydrogens (tertiary/aromatic N) is 3. The summed E-state index contributed by atoms with van der Waals surface area (Å²) in [7, 11) is 3.35. The summed E-state index contributed by atoms with van der Waals surface area (Å²) in [4.78, 5) is 12.2. The van der Waals surface area contributed by atoms with E-state index in [-0.39, 0.29) is 11.9 Å². The summed E-state index contributed by atoms with van der Waals surface area (Å²) in [5.74, 6) is 0.965. The van der Waals surface area contributed by atoms with E-state index >= 15 is 0 Å². The highest BCUT2D eigenvalue weighted by atomic mass is 16.5. The number of ether oxygens (including phenoxy) is 1. The maximum Gasteiger partial charge on any atom is 0.254 e. The lowest BCUT2D eigenvalue weighted by Crippen LogP contribution is -2.29. The third-order valence-corrected chi connectivity index (χ3v) is 2.99. The average molecular weight is 275 g/mol. The molecule has 0 radical (unpaired) electrons. The van der Waals surface area contributed by atoms with Crippen LogP contribution >= 0.6 is 0 Å². The van der Waals surface area contributed by atoms with E-state index in [0.717, 1.165) is 0 Å². The van der Waals surface area contributed by atoms with Gasteiger partial charge < -0.3 is 20.4 Å². The van der Waals surface area contributed by atoms with Crippen molar-refractivity contribution in [3.05, 3.63) is 35.9 Å². The maximum absolute atomic E-state index is 12.2. The van der Waals surface area contributed by atoms with Gasteiger partial charge >= 0.3 is 0 Å². The van der Waals surface area contributed by atoms with Crippen LogP contribution in [0, 0.1) is 0 Å². The molecule has 1 aromatic heterocycles. The summed E-state index contributed by atoms with van der Waals surface area (Å²) in [6.45, 7) is 1.83. The highest BCUT2D eigenvalue weighted by Gasteiger charge is 2.17. The number of benzene rings is 1. The Bertz CT molecular complexity index is 623. The number of nitrogen functional groups attached to an aromatic ring is 1. The Morgan fingerprint density at radius 3 is 2.85 bits per heavy atom. The Morgan fingerprint density at radius 1 is 1.50 bits per heavy atom. The first kappa shape index (κ1) is 13.9. The molecule has 2 aromatic rings. The number of amides is 1. The van der Waals surface area contributed by atoms with E-state index in [0.29, 0.717) is 22.8 Å². The molecule has 0 fully saturated rings. The van der Waals surface area contributed by atoms with E-state index in [4.69, 9.17) is 10.5 Å². The average Bonchev–Trinajstić information content (AvgIpc) is 2.85. The normalized spacial score (nSPS) is 11.9. The van der Waals surface area contributed by atoms with Gasteiger partial charge in [0.15, 0.2) is 5.82 Å². The Kier molecular flexibility index (Phi) is 3.88. The highest BCUT2D eigenvalue weighted by Crippen LogP contribution is 2.20. The third kappa shape index (κ3) is 2.71. The van der Waals surface area contributed by atoms with Gasteiger partial charge in [0.05, 0.1) is 18.7 Å². The zero-order valence-corrected chi connectivity index (χ0v) is 11.6. The number of aromatic nitrogens is 3. The van der Waals surface area contributed by atoms with E-state index in [1.54, 1.807) is 29.1 Å². The lowest BCUT2D eigenvalue weighted by atomic mass is 10.1.